The second-order valence-electron chi connectivity index (χ2n) is 10.9. The molecule has 0 aromatic carbocycles. The fourth-order valence-electron chi connectivity index (χ4n) is 7.83. The van der Waals surface area contributed by atoms with Gasteiger partial charge in [0.15, 0.2) is 28.6 Å². The van der Waals surface area contributed by atoms with Crippen LogP contribution < -0.4 is 0 Å². The van der Waals surface area contributed by atoms with Gasteiger partial charge in [0.1, 0.15) is 6.61 Å². The largest absolute Gasteiger partial charge is 0.390 e. The number of aliphatic hydroxyl groups excluding tert-OH is 2. The highest BCUT2D eigenvalue weighted by Gasteiger charge is 2.79. The van der Waals surface area contributed by atoms with Crippen LogP contribution in [0.25, 0.3) is 0 Å². The second-order valence-corrected chi connectivity index (χ2v) is 10.9. The highest BCUT2D eigenvalue weighted by Crippen LogP contribution is 2.71. The van der Waals surface area contributed by atoms with E-state index in [0.717, 1.165) is 5.57 Å². The zero-order valence-corrected chi connectivity index (χ0v) is 18.5. The van der Waals surface area contributed by atoms with Crippen molar-refractivity contribution in [1.29, 1.82) is 0 Å². The van der Waals surface area contributed by atoms with Crippen LogP contribution in [0.4, 0.5) is 4.39 Å². The van der Waals surface area contributed by atoms with Crippen molar-refractivity contribution in [3.05, 3.63) is 23.8 Å². The number of aliphatic hydroxyl groups is 2. The second kappa shape index (κ2) is 6.13. The Hall–Kier alpha value is -1.41. The van der Waals surface area contributed by atoms with Gasteiger partial charge in [-0.05, 0) is 52.0 Å². The van der Waals surface area contributed by atoms with Crippen molar-refractivity contribution in [2.45, 2.75) is 82.6 Å². The molecule has 4 aliphatic carbocycles. The van der Waals surface area contributed by atoms with E-state index in [2.05, 4.69) is 0 Å². The summed E-state index contributed by atoms with van der Waals surface area (Å²) >= 11 is 0. The number of ketones is 2. The zero-order chi connectivity index (χ0) is 22.6. The van der Waals surface area contributed by atoms with Gasteiger partial charge in [0.25, 0.3) is 0 Å². The first kappa shape index (κ1) is 21.4. The molecule has 5 unspecified atom stereocenters. The van der Waals surface area contributed by atoms with Crippen LogP contribution in [0.15, 0.2) is 23.8 Å². The molecule has 5 aliphatic rings. The van der Waals surface area contributed by atoms with E-state index in [1.807, 2.05) is 13.0 Å². The summed E-state index contributed by atoms with van der Waals surface area (Å²) in [6, 6.07) is 0. The summed E-state index contributed by atoms with van der Waals surface area (Å²) in [5.41, 5.74) is -4.68. The van der Waals surface area contributed by atoms with Gasteiger partial charge in [-0.15, -0.1) is 0 Å². The van der Waals surface area contributed by atoms with Crippen molar-refractivity contribution in [3.63, 3.8) is 0 Å². The van der Waals surface area contributed by atoms with Gasteiger partial charge in [0.2, 0.25) is 0 Å². The summed E-state index contributed by atoms with van der Waals surface area (Å²) in [6.07, 6.45) is 3.97. The van der Waals surface area contributed by atoms with E-state index in [-0.39, 0.29) is 24.5 Å². The Bertz CT molecular complexity index is 925. The van der Waals surface area contributed by atoms with Crippen LogP contribution in [0.2, 0.25) is 0 Å². The van der Waals surface area contributed by atoms with Gasteiger partial charge in [0.05, 0.1) is 12.2 Å². The molecule has 0 spiro atoms. The summed E-state index contributed by atoms with van der Waals surface area (Å²) in [6.45, 7) is 6.40. The van der Waals surface area contributed by atoms with E-state index in [9.17, 15) is 19.8 Å². The molecule has 0 bridgehead atoms. The Kier molecular flexibility index (Phi) is 4.24. The molecule has 31 heavy (non-hydrogen) atoms. The van der Waals surface area contributed by atoms with E-state index < -0.39 is 58.4 Å². The molecule has 3 fully saturated rings. The third kappa shape index (κ3) is 2.31. The van der Waals surface area contributed by atoms with Gasteiger partial charge in [-0.3, -0.25) is 9.59 Å². The van der Waals surface area contributed by atoms with Gasteiger partial charge >= 0.3 is 0 Å². The number of carbonyl (C=O) groups is 2. The lowest BCUT2D eigenvalue weighted by molar-refractivity contribution is -0.243. The number of Topliss-reactive ketones (excluding diaryl/α,β-unsaturated/α-hetero) is 1. The molecule has 1 saturated heterocycles. The molecule has 170 valence electrons. The lowest BCUT2D eigenvalue weighted by Gasteiger charge is -2.62. The number of ether oxygens (including phenoxy) is 2. The average molecular weight is 435 g/mol. The fraction of sp³-hybridized carbons (Fsp3) is 0.750. The van der Waals surface area contributed by atoms with Crippen LogP contribution in [0.1, 0.15) is 53.4 Å². The number of halogens is 1. The first-order chi connectivity index (χ1) is 14.4. The van der Waals surface area contributed by atoms with Crippen LogP contribution in [-0.2, 0) is 19.1 Å². The quantitative estimate of drug-likeness (QED) is 0.649. The summed E-state index contributed by atoms with van der Waals surface area (Å²) in [5.74, 6) is -2.42. The van der Waals surface area contributed by atoms with Crippen LogP contribution in [-0.4, -0.2) is 57.7 Å². The number of carbonyl (C=O) groups excluding carboxylic acids is 2. The zero-order valence-electron chi connectivity index (χ0n) is 18.5. The first-order valence-electron chi connectivity index (χ1n) is 11.2. The van der Waals surface area contributed by atoms with Crippen molar-refractivity contribution in [3.8, 4) is 0 Å². The fourth-order valence-corrected chi connectivity index (χ4v) is 7.83. The van der Waals surface area contributed by atoms with E-state index in [1.54, 1.807) is 26.8 Å². The number of alkyl halides is 1. The number of rotatable bonds is 2. The van der Waals surface area contributed by atoms with Gasteiger partial charge in [-0.1, -0.05) is 24.6 Å². The number of allylic oxidation sites excluding steroid dienone is 4. The minimum atomic E-state index is -1.98. The predicted molar refractivity (Wildman–Crippen MR) is 109 cm³/mol. The van der Waals surface area contributed by atoms with Crippen molar-refractivity contribution in [1.82, 2.24) is 0 Å². The summed E-state index contributed by atoms with van der Waals surface area (Å²) in [5, 5.41) is 21.2. The maximum atomic E-state index is 17.1. The van der Waals surface area contributed by atoms with E-state index >= 15 is 4.39 Å². The number of hydrogen-bond donors (Lipinski definition) is 2. The molecular weight excluding hydrogens is 403 g/mol. The summed E-state index contributed by atoms with van der Waals surface area (Å²) in [4.78, 5) is 25.1. The van der Waals surface area contributed by atoms with Gasteiger partial charge in [-0.25, -0.2) is 4.39 Å². The summed E-state index contributed by atoms with van der Waals surface area (Å²) in [7, 11) is 0. The van der Waals surface area contributed by atoms with Crippen LogP contribution in [0, 0.1) is 22.7 Å². The average Bonchev–Trinajstić information content (AvgIpc) is 3.09. The molecule has 1 aliphatic heterocycles. The van der Waals surface area contributed by atoms with Crippen molar-refractivity contribution in [2.24, 2.45) is 22.7 Å². The molecule has 2 saturated carbocycles. The van der Waals surface area contributed by atoms with Crippen LogP contribution >= 0.6 is 0 Å². The maximum Gasteiger partial charge on any atom is 0.193 e. The monoisotopic (exact) mass is 434 g/mol. The molecule has 0 aromatic rings. The minimum Gasteiger partial charge on any atom is -0.390 e. The maximum absolute atomic E-state index is 17.1. The Morgan fingerprint density at radius 2 is 1.97 bits per heavy atom. The third-order valence-corrected chi connectivity index (χ3v) is 9.16. The Labute approximate surface area is 181 Å². The van der Waals surface area contributed by atoms with Crippen LogP contribution in [0.5, 0.6) is 0 Å². The molecule has 8 atom stereocenters. The SMILES string of the molecule is CC1(C)O[C@@H]2CC3C4CC=C5CC(=O)C=CC5(C)[C@@]4(F)C(O)CC3(C)[C@]2(C(=O)CO)O1. The predicted octanol–water partition coefficient (Wildman–Crippen LogP) is 2.42. The minimum absolute atomic E-state index is 0.0109. The molecule has 0 radical (unpaired) electrons. The Morgan fingerprint density at radius 3 is 2.65 bits per heavy atom. The lowest BCUT2D eigenvalue weighted by Crippen LogP contribution is -2.69. The first-order valence-corrected chi connectivity index (χ1v) is 11.2. The summed E-state index contributed by atoms with van der Waals surface area (Å²) < 4.78 is 29.5. The number of fused-ring (bicyclic) bond motifs is 7. The molecule has 0 aromatic heterocycles. The van der Waals surface area contributed by atoms with Crippen LogP contribution in [0.3, 0.4) is 0 Å². The lowest BCUT2D eigenvalue weighted by atomic mass is 9.45. The highest BCUT2D eigenvalue weighted by molar-refractivity contribution is 5.94. The van der Waals surface area contributed by atoms with E-state index in [4.69, 9.17) is 9.47 Å². The molecule has 2 N–H and O–H groups in total. The Balaban J connectivity index is 1.65. The van der Waals surface area contributed by atoms with E-state index in [1.165, 1.54) is 6.08 Å². The standard InChI is InChI=1S/C24H31FO6/c1-20(2)30-19-10-16-15-6-5-13-9-14(27)7-8-21(13,3)23(15,25)17(28)11-22(16,4)24(19,31-20)18(29)12-26/h5,7-8,15-17,19,26,28H,6,9-12H2,1-4H3/t15?,16?,17?,19-,21?,22?,23+,24-/m1/s1. The number of hydrogen-bond acceptors (Lipinski definition) is 6. The van der Waals surface area contributed by atoms with Gasteiger partial charge < -0.3 is 19.7 Å². The molecule has 0 amide bonds. The smallest absolute Gasteiger partial charge is 0.193 e. The van der Waals surface area contributed by atoms with Crippen molar-refractivity contribution in [2.75, 3.05) is 6.61 Å². The Morgan fingerprint density at radius 1 is 1.26 bits per heavy atom. The van der Waals surface area contributed by atoms with Gasteiger partial charge in [-0.2, -0.15) is 0 Å². The van der Waals surface area contributed by atoms with Crippen molar-refractivity contribution >= 4 is 11.6 Å². The van der Waals surface area contributed by atoms with Gasteiger partial charge in [0, 0.05) is 23.2 Å². The molecular formula is C24H31FO6. The topological polar surface area (TPSA) is 93.1 Å². The third-order valence-electron chi connectivity index (χ3n) is 9.16. The normalized spacial score (nSPS) is 52.1. The molecule has 5 rings (SSSR count). The molecule has 6 nitrogen and oxygen atoms in total. The molecule has 1 heterocycles. The molecule has 7 heteroatoms. The van der Waals surface area contributed by atoms with E-state index in [0.29, 0.717) is 12.8 Å². The van der Waals surface area contributed by atoms with Crippen molar-refractivity contribution < 1.29 is 33.7 Å². The highest BCUT2D eigenvalue weighted by atomic mass is 19.1.